The molecule has 0 atom stereocenters. The maximum atomic E-state index is 10.3. The quantitative estimate of drug-likeness (QED) is 0.446. The highest BCUT2D eigenvalue weighted by Gasteiger charge is 2.05. The molecule has 1 saturated heterocycles. The molecule has 7 heavy (non-hydrogen) atoms. The third kappa shape index (κ3) is 1.25. The van der Waals surface area contributed by atoms with Gasteiger partial charge in [-0.2, -0.15) is 0 Å². The SMILES string of the molecule is O=C1CCNOC1. The molecule has 40 valence electrons. The maximum Gasteiger partial charge on any atom is 0.161 e. The average molecular weight is 101 g/mol. The van der Waals surface area contributed by atoms with Gasteiger partial charge in [-0.15, -0.1) is 0 Å². The van der Waals surface area contributed by atoms with E-state index in [2.05, 4.69) is 10.3 Å². The van der Waals surface area contributed by atoms with E-state index in [0.29, 0.717) is 13.0 Å². The minimum Gasteiger partial charge on any atom is -0.297 e. The molecule has 0 aromatic rings. The van der Waals surface area contributed by atoms with Crippen LogP contribution in [0.5, 0.6) is 0 Å². The minimum absolute atomic E-state index is 0.179. The van der Waals surface area contributed by atoms with Gasteiger partial charge in [0, 0.05) is 13.0 Å². The number of ketones is 1. The van der Waals surface area contributed by atoms with Crippen LogP contribution in [0, 0.1) is 0 Å². The molecule has 1 fully saturated rings. The maximum absolute atomic E-state index is 10.3. The van der Waals surface area contributed by atoms with E-state index in [1.165, 1.54) is 0 Å². The topological polar surface area (TPSA) is 38.3 Å². The van der Waals surface area contributed by atoms with Crippen molar-refractivity contribution in [3.63, 3.8) is 0 Å². The summed E-state index contributed by atoms with van der Waals surface area (Å²) in [6, 6.07) is 0. The Hall–Kier alpha value is -0.410. The molecule has 1 heterocycles. The van der Waals surface area contributed by atoms with E-state index < -0.39 is 0 Å². The molecular formula is C4H7NO2. The summed E-state index contributed by atoms with van der Waals surface area (Å²) in [6.45, 7) is 0.902. The summed E-state index contributed by atoms with van der Waals surface area (Å²) >= 11 is 0. The van der Waals surface area contributed by atoms with E-state index in [-0.39, 0.29) is 12.4 Å². The zero-order valence-corrected chi connectivity index (χ0v) is 3.94. The molecule has 0 bridgehead atoms. The first-order chi connectivity index (χ1) is 3.39. The molecule has 0 aromatic carbocycles. The van der Waals surface area contributed by atoms with Crippen LogP contribution in [0.4, 0.5) is 0 Å². The Morgan fingerprint density at radius 1 is 1.71 bits per heavy atom. The summed E-state index contributed by atoms with van der Waals surface area (Å²) in [5, 5.41) is 0. The second kappa shape index (κ2) is 2.04. The van der Waals surface area contributed by atoms with Gasteiger partial charge in [0.05, 0.1) is 0 Å². The lowest BCUT2D eigenvalue weighted by molar-refractivity contribution is -0.131. The molecule has 3 nitrogen and oxygen atoms in total. The van der Waals surface area contributed by atoms with E-state index in [9.17, 15) is 4.79 Å². The molecular weight excluding hydrogens is 94.0 g/mol. The molecule has 0 unspecified atom stereocenters. The minimum atomic E-state index is 0.179. The fraction of sp³-hybridized carbons (Fsp3) is 0.750. The molecule has 0 radical (unpaired) electrons. The van der Waals surface area contributed by atoms with Gasteiger partial charge in [0.15, 0.2) is 5.78 Å². The molecule has 1 N–H and O–H groups in total. The zero-order valence-electron chi connectivity index (χ0n) is 3.94. The van der Waals surface area contributed by atoms with E-state index in [0.717, 1.165) is 0 Å². The summed E-state index contributed by atoms with van der Waals surface area (Å²) in [4.78, 5) is 14.9. The van der Waals surface area contributed by atoms with Gasteiger partial charge in [-0.1, -0.05) is 0 Å². The monoisotopic (exact) mass is 101 g/mol. The first-order valence-electron chi connectivity index (χ1n) is 2.26. The number of carbonyl (C=O) groups is 1. The van der Waals surface area contributed by atoms with Gasteiger partial charge in [0.2, 0.25) is 0 Å². The van der Waals surface area contributed by atoms with Crippen LogP contribution >= 0.6 is 0 Å². The Bertz CT molecular complexity index is 73.8. The highest BCUT2D eigenvalue weighted by molar-refractivity contribution is 5.80. The normalized spacial score (nSPS) is 22.6. The van der Waals surface area contributed by atoms with Crippen molar-refractivity contribution >= 4 is 5.78 Å². The third-order valence-electron chi connectivity index (χ3n) is 0.841. The van der Waals surface area contributed by atoms with Crippen LogP contribution in [0.25, 0.3) is 0 Å². The number of Topliss-reactive ketones (excluding diaryl/α,β-unsaturated/α-hetero) is 1. The average Bonchev–Trinajstić information content (AvgIpc) is 1.69. The Labute approximate surface area is 41.6 Å². The van der Waals surface area contributed by atoms with Crippen molar-refractivity contribution in [3.05, 3.63) is 0 Å². The largest absolute Gasteiger partial charge is 0.297 e. The lowest BCUT2D eigenvalue weighted by Crippen LogP contribution is -2.29. The number of hydroxylamine groups is 1. The first-order valence-corrected chi connectivity index (χ1v) is 2.26. The van der Waals surface area contributed by atoms with Gasteiger partial charge in [0.25, 0.3) is 0 Å². The molecule has 0 aromatic heterocycles. The molecule has 1 aliphatic heterocycles. The van der Waals surface area contributed by atoms with Crippen LogP contribution in [0.3, 0.4) is 0 Å². The molecule has 0 amide bonds. The van der Waals surface area contributed by atoms with Crippen LogP contribution in [-0.4, -0.2) is 18.9 Å². The lowest BCUT2D eigenvalue weighted by atomic mass is 10.3. The molecule has 0 spiro atoms. The van der Waals surface area contributed by atoms with Crippen LogP contribution in [-0.2, 0) is 9.63 Å². The van der Waals surface area contributed by atoms with Gasteiger partial charge >= 0.3 is 0 Å². The number of nitrogens with one attached hydrogen (secondary N) is 1. The predicted octanol–water partition coefficient (Wildman–Crippen LogP) is -0.520. The Kier molecular flexibility index (Phi) is 1.38. The first kappa shape index (κ1) is 4.74. The Morgan fingerprint density at radius 3 is 2.86 bits per heavy atom. The van der Waals surface area contributed by atoms with Crippen LogP contribution in [0.15, 0.2) is 0 Å². The van der Waals surface area contributed by atoms with E-state index in [1.807, 2.05) is 0 Å². The predicted molar refractivity (Wildman–Crippen MR) is 23.6 cm³/mol. The van der Waals surface area contributed by atoms with E-state index in [1.54, 1.807) is 0 Å². The molecule has 0 saturated carbocycles. The van der Waals surface area contributed by atoms with Crippen molar-refractivity contribution < 1.29 is 9.63 Å². The highest BCUT2D eigenvalue weighted by atomic mass is 16.6. The fourth-order valence-electron chi connectivity index (χ4n) is 0.466. The van der Waals surface area contributed by atoms with Gasteiger partial charge in [-0.25, -0.2) is 5.48 Å². The van der Waals surface area contributed by atoms with Crippen LogP contribution in [0.1, 0.15) is 6.42 Å². The summed E-state index contributed by atoms with van der Waals surface area (Å²) < 4.78 is 0. The zero-order chi connectivity index (χ0) is 5.11. The van der Waals surface area contributed by atoms with Gasteiger partial charge in [0.1, 0.15) is 6.61 Å². The molecule has 3 heteroatoms. The van der Waals surface area contributed by atoms with E-state index in [4.69, 9.17) is 0 Å². The second-order valence-electron chi connectivity index (χ2n) is 1.47. The summed E-state index contributed by atoms with van der Waals surface area (Å²) in [7, 11) is 0. The van der Waals surface area contributed by atoms with Crippen LogP contribution in [0.2, 0.25) is 0 Å². The van der Waals surface area contributed by atoms with Gasteiger partial charge < -0.3 is 0 Å². The number of hydrogen-bond donors (Lipinski definition) is 1. The van der Waals surface area contributed by atoms with Gasteiger partial charge in [-0.3, -0.25) is 9.63 Å². The summed E-state index contributed by atoms with van der Waals surface area (Å²) in [5.41, 5.74) is 2.59. The number of hydrogen-bond acceptors (Lipinski definition) is 3. The standard InChI is InChI=1S/C4H7NO2/c6-4-1-2-5-7-3-4/h5H,1-3H2. The molecule has 1 rings (SSSR count). The molecule has 0 aliphatic carbocycles. The number of rotatable bonds is 0. The Morgan fingerprint density at radius 2 is 2.57 bits per heavy atom. The fourth-order valence-corrected chi connectivity index (χ4v) is 0.466. The van der Waals surface area contributed by atoms with Gasteiger partial charge in [-0.05, 0) is 0 Å². The van der Waals surface area contributed by atoms with Crippen molar-refractivity contribution in [2.75, 3.05) is 13.2 Å². The van der Waals surface area contributed by atoms with Crippen molar-refractivity contribution in [3.8, 4) is 0 Å². The van der Waals surface area contributed by atoms with Crippen molar-refractivity contribution in [2.45, 2.75) is 6.42 Å². The Balaban J connectivity index is 2.25. The van der Waals surface area contributed by atoms with E-state index >= 15 is 0 Å². The summed E-state index contributed by atoms with van der Waals surface area (Å²) in [6.07, 6.45) is 0.611. The summed E-state index contributed by atoms with van der Waals surface area (Å²) in [5.74, 6) is 0.179. The van der Waals surface area contributed by atoms with Crippen LogP contribution < -0.4 is 5.48 Å². The van der Waals surface area contributed by atoms with Crippen molar-refractivity contribution in [2.24, 2.45) is 0 Å². The third-order valence-corrected chi connectivity index (χ3v) is 0.841. The second-order valence-corrected chi connectivity index (χ2v) is 1.47. The number of carbonyl (C=O) groups excluding carboxylic acids is 1. The smallest absolute Gasteiger partial charge is 0.161 e. The lowest BCUT2D eigenvalue weighted by Gasteiger charge is -2.08. The highest BCUT2D eigenvalue weighted by Crippen LogP contribution is 1.87. The molecule has 1 aliphatic rings. The van der Waals surface area contributed by atoms with Crippen molar-refractivity contribution in [1.29, 1.82) is 0 Å². The van der Waals surface area contributed by atoms with Crippen molar-refractivity contribution in [1.82, 2.24) is 5.48 Å².